The molecule has 4 aromatic rings. The number of benzene rings is 1. The Morgan fingerprint density at radius 2 is 1.80 bits per heavy atom. The molecule has 15 nitrogen and oxygen atoms in total. The Morgan fingerprint density at radius 3 is 2.44 bits per heavy atom. The maximum absolute atomic E-state index is 16.4. The quantitative estimate of drug-likeness (QED) is 0.130. The van der Waals surface area contributed by atoms with Crippen LogP contribution in [0, 0.1) is 11.3 Å². The van der Waals surface area contributed by atoms with Gasteiger partial charge < -0.3 is 29.2 Å². The van der Waals surface area contributed by atoms with E-state index in [1.807, 2.05) is 24.4 Å². The predicted octanol–water partition coefficient (Wildman–Crippen LogP) is 6.65. The van der Waals surface area contributed by atoms with Crippen LogP contribution in [0.1, 0.15) is 89.6 Å². The summed E-state index contributed by atoms with van der Waals surface area (Å²) < 4.78 is 30.6. The molecule has 6 heterocycles. The third kappa shape index (κ3) is 12.5. The molecule has 0 radical (unpaired) electrons. The largest absolute Gasteiger partial charge is 0.464 e. The number of aryl methyl sites for hydroxylation is 1. The van der Waals surface area contributed by atoms with Crippen molar-refractivity contribution in [3.63, 3.8) is 0 Å². The molecule has 6 bridgehead atoms. The average Bonchev–Trinajstić information content (AvgIpc) is 3.90. The fourth-order valence-corrected chi connectivity index (χ4v) is 10.5. The number of carbonyl (C=O) groups is 5. The van der Waals surface area contributed by atoms with Crippen molar-refractivity contribution in [1.29, 1.82) is 0 Å². The van der Waals surface area contributed by atoms with Crippen molar-refractivity contribution >= 4 is 106 Å². The maximum atomic E-state index is 16.4. The number of fused-ring (bicyclic) bond motifs is 6. The molecule has 1 aromatic carbocycles. The van der Waals surface area contributed by atoms with Crippen LogP contribution in [0.3, 0.4) is 0 Å². The van der Waals surface area contributed by atoms with Crippen molar-refractivity contribution in [2.45, 2.75) is 117 Å². The Balaban J connectivity index is 0.00000324. The van der Waals surface area contributed by atoms with Gasteiger partial charge in [-0.05, 0) is 74.9 Å². The van der Waals surface area contributed by atoms with Gasteiger partial charge in [0.1, 0.15) is 18.1 Å². The van der Waals surface area contributed by atoms with E-state index < -0.39 is 58.8 Å². The second kappa shape index (κ2) is 25.0. The summed E-state index contributed by atoms with van der Waals surface area (Å²) in [6.07, 6.45) is 3.70. The van der Waals surface area contributed by atoms with E-state index in [2.05, 4.69) is 60.9 Å². The van der Waals surface area contributed by atoms with E-state index in [4.69, 9.17) is 19.4 Å². The number of likely N-dealkylation sites (tertiary alicyclic amines) is 1. The highest BCUT2D eigenvalue weighted by Crippen LogP contribution is 2.42. The van der Waals surface area contributed by atoms with E-state index in [9.17, 15) is 24.0 Å². The Morgan fingerprint density at radius 1 is 1.10 bits per heavy atom. The van der Waals surface area contributed by atoms with E-state index in [1.54, 1.807) is 27.2 Å². The van der Waals surface area contributed by atoms with Gasteiger partial charge >= 0.3 is 5.97 Å². The molecular weight excluding hydrogens is 992 g/mol. The van der Waals surface area contributed by atoms with E-state index in [-0.39, 0.29) is 111 Å². The Labute approximate surface area is 442 Å². The number of piperidine rings is 1. The molecule has 386 valence electrons. The van der Waals surface area contributed by atoms with Crippen LogP contribution in [0.25, 0.3) is 33.4 Å². The number of rotatable bonds is 10. The molecule has 0 saturated carbocycles. The third-order valence-corrected chi connectivity index (χ3v) is 14.1. The number of thiazole rings is 1. The minimum absolute atomic E-state index is 0. The third-order valence-electron chi connectivity index (χ3n) is 13.2. The first kappa shape index (κ1) is 60.2. The Bertz CT molecular complexity index is 2510. The highest BCUT2D eigenvalue weighted by Gasteiger charge is 2.47. The number of amides is 4. The van der Waals surface area contributed by atoms with Gasteiger partial charge in [-0.15, -0.1) is 11.3 Å². The molecule has 2 N–H and O–H groups in total. The van der Waals surface area contributed by atoms with Gasteiger partial charge in [0, 0.05) is 98.6 Å². The predicted molar refractivity (Wildman–Crippen MR) is 292 cm³/mol. The average molecular weight is 1060 g/mol. The monoisotopic (exact) mass is 1060 g/mol. The number of pyridine rings is 1. The van der Waals surface area contributed by atoms with Crippen molar-refractivity contribution in [2.75, 3.05) is 40.4 Å². The smallest absolute Gasteiger partial charge is 0.324 e. The molecule has 4 atom stereocenters. The maximum Gasteiger partial charge on any atom is 0.324 e. The summed E-state index contributed by atoms with van der Waals surface area (Å²) in [4.78, 5) is 81.4. The number of nitrogens with one attached hydrogen (secondary N) is 2. The summed E-state index contributed by atoms with van der Waals surface area (Å²) in [5.41, 5.74) is 6.73. The first-order chi connectivity index (χ1) is 31.4. The fraction of sp³-hybridized carbons (Fsp3) is 0.531. The van der Waals surface area contributed by atoms with Gasteiger partial charge in [-0.25, -0.2) is 14.8 Å². The molecule has 3 aliphatic rings. The second-order valence-electron chi connectivity index (χ2n) is 18.9. The molecule has 2 saturated heterocycles. The van der Waals surface area contributed by atoms with Gasteiger partial charge in [0.15, 0.2) is 5.67 Å². The number of hydrogen-bond acceptors (Lipinski definition) is 11. The first-order valence-electron chi connectivity index (χ1n) is 22.9. The Hall–Kier alpha value is -4.12. The number of nitrogens with zero attached hydrogens (tertiary/aromatic N) is 6. The number of esters is 1. The van der Waals surface area contributed by atoms with Crippen molar-refractivity contribution in [3.05, 3.63) is 70.8 Å². The molecule has 3 aliphatic heterocycles. The standard InChI is InChI=1S/C49H63FN8O7S.4H2S/c1-10-40(59)56-22-18-49(50,19-23-56)47(63)55(8)42(29(3)4)44(60)53-36-25-39-52-37(27-66-39)31-16-17-38-33(24-31)34(43(57(38)11-2)32-14-12-20-51-41(32)30(5)64-9)26-48(6,7)28-65-46(62)35-15-13-21-58(54-35)45(36)61;;;;/h10,12,14,16-17,20,24,27,29-30,35-36,42,54H,1,11,13,15,18-19,21-23,25-26,28H2,2-9H3,(H,53,60);4*1H2/t30-,35-,36-,42-;;;;/m0..../s1. The lowest BCUT2D eigenvalue weighted by atomic mass is 9.84. The molecule has 21 heteroatoms. The number of cyclic esters (lactones) is 1. The van der Waals surface area contributed by atoms with Gasteiger partial charge in [-0.2, -0.15) is 54.0 Å². The first-order valence-corrected chi connectivity index (χ1v) is 23.8. The number of hydrazine groups is 1. The number of alkyl halides is 1. The van der Waals surface area contributed by atoms with Crippen molar-refractivity contribution in [2.24, 2.45) is 11.3 Å². The van der Waals surface area contributed by atoms with Gasteiger partial charge in [-0.1, -0.05) is 40.3 Å². The van der Waals surface area contributed by atoms with Gasteiger partial charge in [-0.3, -0.25) is 34.0 Å². The fourth-order valence-electron chi connectivity index (χ4n) is 9.61. The SMILES string of the molecule is C=CC(=O)N1CCC(F)(C(=O)N(C)[C@H](C(=O)N[C@H]2Cc3nc(cs3)-c3ccc4c(c3)c(c(-c3cccnc3[C@H](C)OC)n4CC)CC(C)(C)COC(=O)[C@@H]3CCCN(N3)C2=O)C(C)C)CC1.S.S.S.S. The van der Waals surface area contributed by atoms with Crippen LogP contribution in [0.5, 0.6) is 0 Å². The zero-order chi connectivity index (χ0) is 47.7. The van der Waals surface area contributed by atoms with Crippen LogP contribution in [0.2, 0.25) is 0 Å². The molecular formula is C49H71FN8O7S5. The summed E-state index contributed by atoms with van der Waals surface area (Å²) >= 11 is 1.36. The molecule has 3 aromatic heterocycles. The molecule has 0 aliphatic carbocycles. The van der Waals surface area contributed by atoms with Crippen LogP contribution in [0.15, 0.2) is 54.6 Å². The molecule has 7 rings (SSSR count). The number of carbonyl (C=O) groups excluding carboxylic acids is 5. The van der Waals surface area contributed by atoms with E-state index in [0.717, 1.165) is 50.0 Å². The highest BCUT2D eigenvalue weighted by atomic mass is 32.1. The van der Waals surface area contributed by atoms with Crippen molar-refractivity contribution < 1.29 is 37.8 Å². The number of aromatic nitrogens is 3. The van der Waals surface area contributed by atoms with Crippen LogP contribution in [-0.4, -0.2) is 123 Å². The normalized spacial score (nSPS) is 19.7. The van der Waals surface area contributed by atoms with Gasteiger partial charge in [0.2, 0.25) is 11.8 Å². The zero-order valence-corrected chi connectivity index (χ0v) is 46.1. The summed E-state index contributed by atoms with van der Waals surface area (Å²) in [5, 5.41) is 7.83. The summed E-state index contributed by atoms with van der Waals surface area (Å²) in [7, 11) is 3.07. The van der Waals surface area contributed by atoms with E-state index in [1.165, 1.54) is 28.3 Å². The number of likely N-dealkylation sites (N-methyl/N-ethyl adjacent to an activating group) is 1. The summed E-state index contributed by atoms with van der Waals surface area (Å²) in [5.74, 6) is -3.30. The van der Waals surface area contributed by atoms with E-state index in [0.29, 0.717) is 36.5 Å². The van der Waals surface area contributed by atoms with Crippen LogP contribution >= 0.6 is 65.3 Å². The van der Waals surface area contributed by atoms with Crippen LogP contribution in [-0.2, 0) is 52.8 Å². The number of ether oxygens (including phenoxy) is 2. The lowest BCUT2D eigenvalue weighted by Crippen LogP contribution is -2.63. The molecule has 4 amide bonds. The van der Waals surface area contributed by atoms with Crippen LogP contribution < -0.4 is 10.7 Å². The molecule has 2 fully saturated rings. The topological polar surface area (TPSA) is 168 Å². The van der Waals surface area contributed by atoms with Crippen LogP contribution in [0.4, 0.5) is 4.39 Å². The van der Waals surface area contributed by atoms with E-state index >= 15 is 4.39 Å². The van der Waals surface area contributed by atoms with Gasteiger partial charge in [0.25, 0.3) is 11.8 Å². The number of methoxy groups -OCH3 is 1. The minimum Gasteiger partial charge on any atom is -0.464 e. The zero-order valence-electron chi connectivity index (χ0n) is 41.3. The lowest BCUT2D eigenvalue weighted by molar-refractivity contribution is -0.156. The molecule has 70 heavy (non-hydrogen) atoms. The van der Waals surface area contributed by atoms with Crippen molar-refractivity contribution in [3.8, 4) is 22.5 Å². The molecule has 0 unspecified atom stereocenters. The van der Waals surface area contributed by atoms with Crippen molar-refractivity contribution in [1.82, 2.24) is 40.1 Å². The number of hydrogen-bond donors (Lipinski definition) is 2. The summed E-state index contributed by atoms with van der Waals surface area (Å²) in [6, 6.07) is 7.15. The molecule has 0 spiro atoms. The van der Waals surface area contributed by atoms with Gasteiger partial charge in [0.05, 0.1) is 34.8 Å². The minimum atomic E-state index is -2.29. The summed E-state index contributed by atoms with van der Waals surface area (Å²) in [6.45, 7) is 16.4. The lowest BCUT2D eigenvalue weighted by Gasteiger charge is -2.40. The second-order valence-corrected chi connectivity index (χ2v) is 19.8. The highest BCUT2D eigenvalue weighted by molar-refractivity contribution is 7.59. The Kier molecular flexibility index (Phi) is 21.5. The number of halogens is 1.